The summed E-state index contributed by atoms with van der Waals surface area (Å²) in [6, 6.07) is 7.47. The fourth-order valence-electron chi connectivity index (χ4n) is 3.53. The zero-order valence-electron chi connectivity index (χ0n) is 17.6. The summed E-state index contributed by atoms with van der Waals surface area (Å²) >= 11 is 1.67. The first kappa shape index (κ1) is 22.1. The van der Waals surface area contributed by atoms with E-state index < -0.39 is 0 Å². The summed E-state index contributed by atoms with van der Waals surface area (Å²) in [5, 5.41) is 4.85. The third-order valence-electron chi connectivity index (χ3n) is 5.03. The topological polar surface area (TPSA) is 61.9 Å². The van der Waals surface area contributed by atoms with Gasteiger partial charge >= 0.3 is 6.03 Å². The Balaban J connectivity index is 1.74. The van der Waals surface area contributed by atoms with Crippen molar-refractivity contribution in [3.63, 3.8) is 0 Å². The number of hydrogen-bond acceptors (Lipinski definition) is 4. The molecule has 0 bridgehead atoms. The standard InChI is InChI=1S/C22H28FN3O3S/c1-4-25(22(28)24-15(2)3)13-21(27)26-10-8-20-18(9-11-30-20)19(26)14-29-17-7-5-6-16(23)12-17/h5-7,9,11-12,15,19H,4,8,10,13-14H2,1-3H3,(H,24,28)/t19-/m0/s1. The predicted octanol–water partition coefficient (Wildman–Crippen LogP) is 3.83. The Morgan fingerprint density at radius 3 is 2.87 bits per heavy atom. The normalized spacial score (nSPS) is 15.6. The number of ether oxygens (including phenoxy) is 1. The second kappa shape index (κ2) is 9.93. The van der Waals surface area contributed by atoms with E-state index in [1.807, 2.05) is 32.2 Å². The largest absolute Gasteiger partial charge is 0.491 e. The van der Waals surface area contributed by atoms with Crippen molar-refractivity contribution in [1.82, 2.24) is 15.1 Å². The molecular formula is C22H28FN3O3S. The van der Waals surface area contributed by atoms with Gasteiger partial charge in [-0.25, -0.2) is 9.18 Å². The van der Waals surface area contributed by atoms with Crippen molar-refractivity contribution in [2.75, 3.05) is 26.2 Å². The summed E-state index contributed by atoms with van der Waals surface area (Å²) in [7, 11) is 0. The number of benzene rings is 1. The average molecular weight is 434 g/mol. The minimum atomic E-state index is -0.366. The maximum absolute atomic E-state index is 13.5. The summed E-state index contributed by atoms with van der Waals surface area (Å²) in [5.74, 6) is -0.0632. The molecule has 0 saturated carbocycles. The van der Waals surface area contributed by atoms with E-state index in [0.717, 1.165) is 12.0 Å². The summed E-state index contributed by atoms with van der Waals surface area (Å²) in [4.78, 5) is 30.0. The molecule has 0 aliphatic carbocycles. The quantitative estimate of drug-likeness (QED) is 0.722. The van der Waals surface area contributed by atoms with Crippen LogP contribution >= 0.6 is 11.3 Å². The van der Waals surface area contributed by atoms with Gasteiger partial charge in [0, 0.05) is 30.1 Å². The maximum atomic E-state index is 13.5. The minimum Gasteiger partial charge on any atom is -0.491 e. The van der Waals surface area contributed by atoms with Gasteiger partial charge in [0.2, 0.25) is 5.91 Å². The Bertz CT molecular complexity index is 886. The number of amides is 3. The second-order valence-corrected chi connectivity index (χ2v) is 8.54. The van der Waals surface area contributed by atoms with Crippen LogP contribution in [0.4, 0.5) is 9.18 Å². The molecular weight excluding hydrogens is 405 g/mol. The lowest BCUT2D eigenvalue weighted by Gasteiger charge is -2.37. The van der Waals surface area contributed by atoms with Gasteiger partial charge < -0.3 is 19.9 Å². The van der Waals surface area contributed by atoms with Crippen molar-refractivity contribution >= 4 is 23.3 Å². The third-order valence-corrected chi connectivity index (χ3v) is 6.02. The molecule has 0 radical (unpaired) electrons. The Morgan fingerprint density at radius 1 is 1.37 bits per heavy atom. The number of rotatable bonds is 7. The molecule has 2 heterocycles. The maximum Gasteiger partial charge on any atom is 0.318 e. The SMILES string of the molecule is CCN(CC(=O)N1CCc2sccc2[C@@H]1COc1cccc(F)c1)C(=O)NC(C)C. The monoisotopic (exact) mass is 433 g/mol. The molecule has 3 amide bonds. The van der Waals surface area contributed by atoms with Crippen LogP contribution in [0.5, 0.6) is 5.75 Å². The van der Waals surface area contributed by atoms with Crippen LogP contribution in [-0.4, -0.2) is 54.0 Å². The van der Waals surface area contributed by atoms with Gasteiger partial charge in [-0.1, -0.05) is 6.07 Å². The van der Waals surface area contributed by atoms with Crippen LogP contribution in [0, 0.1) is 5.82 Å². The van der Waals surface area contributed by atoms with Gasteiger partial charge in [-0.05, 0) is 56.3 Å². The molecule has 1 aliphatic rings. The molecule has 1 aromatic heterocycles. The molecule has 1 N–H and O–H groups in total. The lowest BCUT2D eigenvalue weighted by Crippen LogP contribution is -2.50. The first-order valence-electron chi connectivity index (χ1n) is 10.2. The van der Waals surface area contributed by atoms with E-state index in [0.29, 0.717) is 18.8 Å². The zero-order valence-corrected chi connectivity index (χ0v) is 18.4. The number of nitrogens with zero attached hydrogens (tertiary/aromatic N) is 2. The van der Waals surface area contributed by atoms with Crippen molar-refractivity contribution in [2.24, 2.45) is 0 Å². The number of nitrogens with one attached hydrogen (secondary N) is 1. The number of likely N-dealkylation sites (N-methyl/N-ethyl adjacent to an activating group) is 1. The number of carbonyl (C=O) groups is 2. The molecule has 0 unspecified atom stereocenters. The number of fused-ring (bicyclic) bond motifs is 1. The van der Waals surface area contributed by atoms with Gasteiger partial charge in [0.25, 0.3) is 0 Å². The Kier molecular flexibility index (Phi) is 7.31. The van der Waals surface area contributed by atoms with E-state index in [1.54, 1.807) is 28.4 Å². The minimum absolute atomic E-state index is 0.00239. The summed E-state index contributed by atoms with van der Waals surface area (Å²) in [6.45, 7) is 6.85. The number of urea groups is 1. The lowest BCUT2D eigenvalue weighted by atomic mass is 10.0. The van der Waals surface area contributed by atoms with Crippen molar-refractivity contribution < 1.29 is 18.7 Å². The van der Waals surface area contributed by atoms with Crippen LogP contribution in [-0.2, 0) is 11.2 Å². The van der Waals surface area contributed by atoms with Crippen molar-refractivity contribution in [3.05, 3.63) is 52.0 Å². The van der Waals surface area contributed by atoms with Gasteiger partial charge in [0.05, 0.1) is 6.04 Å². The molecule has 30 heavy (non-hydrogen) atoms. The molecule has 0 saturated heterocycles. The second-order valence-electron chi connectivity index (χ2n) is 7.54. The average Bonchev–Trinajstić information content (AvgIpc) is 3.18. The van der Waals surface area contributed by atoms with Crippen LogP contribution in [0.15, 0.2) is 35.7 Å². The fourth-order valence-corrected chi connectivity index (χ4v) is 4.45. The number of hydrogen-bond donors (Lipinski definition) is 1. The molecule has 8 heteroatoms. The van der Waals surface area contributed by atoms with E-state index >= 15 is 0 Å². The highest BCUT2D eigenvalue weighted by atomic mass is 32.1. The molecule has 1 atom stereocenters. The highest BCUT2D eigenvalue weighted by molar-refractivity contribution is 7.10. The van der Waals surface area contributed by atoms with Crippen molar-refractivity contribution in [3.8, 4) is 5.75 Å². The van der Waals surface area contributed by atoms with Gasteiger partial charge in [-0.15, -0.1) is 11.3 Å². The third kappa shape index (κ3) is 5.30. The summed E-state index contributed by atoms with van der Waals surface area (Å²) in [5.41, 5.74) is 1.06. The summed E-state index contributed by atoms with van der Waals surface area (Å²) in [6.07, 6.45) is 0.777. The van der Waals surface area contributed by atoms with E-state index in [9.17, 15) is 14.0 Å². The number of carbonyl (C=O) groups excluding carboxylic acids is 2. The van der Waals surface area contributed by atoms with Crippen LogP contribution < -0.4 is 10.1 Å². The highest BCUT2D eigenvalue weighted by Gasteiger charge is 2.33. The molecule has 1 aromatic carbocycles. The summed E-state index contributed by atoms with van der Waals surface area (Å²) < 4.78 is 19.3. The molecule has 0 spiro atoms. The van der Waals surface area contributed by atoms with Crippen LogP contribution in [0.2, 0.25) is 0 Å². The van der Waals surface area contributed by atoms with Crippen LogP contribution in [0.3, 0.4) is 0 Å². The van der Waals surface area contributed by atoms with Crippen LogP contribution in [0.25, 0.3) is 0 Å². The van der Waals surface area contributed by atoms with Crippen LogP contribution in [0.1, 0.15) is 37.3 Å². The molecule has 1 aliphatic heterocycles. The first-order chi connectivity index (χ1) is 14.4. The Labute approximate surface area is 180 Å². The molecule has 2 aromatic rings. The molecule has 3 rings (SSSR count). The number of halogens is 1. The first-order valence-corrected chi connectivity index (χ1v) is 11.1. The zero-order chi connectivity index (χ0) is 21.7. The number of thiophene rings is 1. The Morgan fingerprint density at radius 2 is 2.17 bits per heavy atom. The van der Waals surface area contributed by atoms with Gasteiger partial charge in [0.15, 0.2) is 0 Å². The molecule has 0 fully saturated rings. The highest BCUT2D eigenvalue weighted by Crippen LogP contribution is 2.34. The fraction of sp³-hybridized carbons (Fsp3) is 0.455. The van der Waals surface area contributed by atoms with Gasteiger partial charge in [-0.3, -0.25) is 4.79 Å². The van der Waals surface area contributed by atoms with E-state index in [4.69, 9.17) is 4.74 Å². The van der Waals surface area contributed by atoms with Crippen molar-refractivity contribution in [2.45, 2.75) is 39.3 Å². The Hall–Kier alpha value is -2.61. The van der Waals surface area contributed by atoms with E-state index in [2.05, 4.69) is 5.32 Å². The van der Waals surface area contributed by atoms with Crippen molar-refractivity contribution in [1.29, 1.82) is 0 Å². The molecule has 162 valence electrons. The smallest absolute Gasteiger partial charge is 0.318 e. The molecule has 6 nitrogen and oxygen atoms in total. The van der Waals surface area contributed by atoms with E-state index in [-0.39, 0.29) is 43.0 Å². The van der Waals surface area contributed by atoms with E-state index in [1.165, 1.54) is 21.9 Å². The lowest BCUT2D eigenvalue weighted by molar-refractivity contribution is -0.135. The predicted molar refractivity (Wildman–Crippen MR) is 115 cm³/mol. The van der Waals surface area contributed by atoms with Gasteiger partial charge in [0.1, 0.15) is 24.7 Å². The van der Waals surface area contributed by atoms with Gasteiger partial charge in [-0.2, -0.15) is 0 Å².